The van der Waals surface area contributed by atoms with E-state index in [1.54, 1.807) is 0 Å². The highest BCUT2D eigenvalue weighted by atomic mass is 16.5. The normalized spacial score (nSPS) is 17.6. The maximum Gasteiger partial charge on any atom is 0.238 e. The lowest BCUT2D eigenvalue weighted by atomic mass is 9.89. The second-order valence-electron chi connectivity index (χ2n) is 8.10. The molecular formula is C24H27N3O3. The zero-order valence-corrected chi connectivity index (χ0v) is 17.0. The zero-order valence-electron chi connectivity index (χ0n) is 17.0. The molecular weight excluding hydrogens is 378 g/mol. The SMILES string of the molecule is O=C(CN1CCC(c2c[nH]c3ccccc23)CC1)Nc1ccc2c(c1)OCCCO2. The van der Waals surface area contributed by atoms with E-state index in [1.807, 2.05) is 18.2 Å². The maximum atomic E-state index is 12.6. The van der Waals surface area contributed by atoms with Crippen LogP contribution in [0.4, 0.5) is 5.69 Å². The van der Waals surface area contributed by atoms with Crippen molar-refractivity contribution in [2.75, 3.05) is 38.2 Å². The van der Waals surface area contributed by atoms with Gasteiger partial charge in [-0.1, -0.05) is 18.2 Å². The summed E-state index contributed by atoms with van der Waals surface area (Å²) in [6, 6.07) is 14.1. The number of aromatic amines is 1. The van der Waals surface area contributed by atoms with Crippen molar-refractivity contribution in [3.8, 4) is 11.5 Å². The van der Waals surface area contributed by atoms with E-state index in [0.717, 1.165) is 43.8 Å². The van der Waals surface area contributed by atoms with Gasteiger partial charge >= 0.3 is 0 Å². The summed E-state index contributed by atoms with van der Waals surface area (Å²) < 4.78 is 11.4. The molecule has 0 saturated carbocycles. The van der Waals surface area contributed by atoms with Gasteiger partial charge in [-0.05, 0) is 55.6 Å². The molecule has 0 atom stereocenters. The number of aromatic nitrogens is 1. The van der Waals surface area contributed by atoms with Crippen molar-refractivity contribution in [2.24, 2.45) is 0 Å². The van der Waals surface area contributed by atoms with E-state index in [0.29, 0.717) is 31.4 Å². The lowest BCUT2D eigenvalue weighted by molar-refractivity contribution is -0.117. The lowest BCUT2D eigenvalue weighted by Crippen LogP contribution is -2.38. The van der Waals surface area contributed by atoms with E-state index in [1.165, 1.54) is 16.5 Å². The fraction of sp³-hybridized carbons (Fsp3) is 0.375. The first-order valence-electron chi connectivity index (χ1n) is 10.7. The van der Waals surface area contributed by atoms with Crippen LogP contribution in [0.5, 0.6) is 11.5 Å². The largest absolute Gasteiger partial charge is 0.490 e. The van der Waals surface area contributed by atoms with Crippen LogP contribution in [0.15, 0.2) is 48.7 Å². The van der Waals surface area contributed by atoms with Gasteiger partial charge in [-0.2, -0.15) is 0 Å². The van der Waals surface area contributed by atoms with Gasteiger partial charge in [0, 0.05) is 35.3 Å². The molecule has 2 aliphatic rings. The number of rotatable bonds is 4. The number of carbonyl (C=O) groups is 1. The highest BCUT2D eigenvalue weighted by molar-refractivity contribution is 5.92. The number of benzene rings is 2. The summed E-state index contributed by atoms with van der Waals surface area (Å²) in [5.41, 5.74) is 3.35. The van der Waals surface area contributed by atoms with Crippen LogP contribution < -0.4 is 14.8 Å². The molecule has 2 aliphatic heterocycles. The molecule has 30 heavy (non-hydrogen) atoms. The van der Waals surface area contributed by atoms with Crippen molar-refractivity contribution in [3.05, 3.63) is 54.2 Å². The molecule has 156 valence electrons. The standard InChI is InChI=1S/C24H27N3O3/c28-24(26-18-6-7-22-23(14-18)30-13-3-12-29-22)16-27-10-8-17(9-11-27)20-15-25-21-5-2-1-4-19(20)21/h1-2,4-7,14-15,17,25H,3,8-13,16H2,(H,26,28). The smallest absolute Gasteiger partial charge is 0.238 e. The van der Waals surface area contributed by atoms with Crippen molar-refractivity contribution in [3.63, 3.8) is 0 Å². The fourth-order valence-corrected chi connectivity index (χ4v) is 4.48. The van der Waals surface area contributed by atoms with Gasteiger partial charge in [0.15, 0.2) is 11.5 Å². The van der Waals surface area contributed by atoms with E-state index in [2.05, 4.69) is 45.7 Å². The summed E-state index contributed by atoms with van der Waals surface area (Å²) in [4.78, 5) is 18.2. The first-order chi connectivity index (χ1) is 14.8. The number of piperidine rings is 1. The van der Waals surface area contributed by atoms with Crippen molar-refractivity contribution < 1.29 is 14.3 Å². The summed E-state index contributed by atoms with van der Waals surface area (Å²) in [6.45, 7) is 3.56. The van der Waals surface area contributed by atoms with Gasteiger partial charge in [-0.25, -0.2) is 0 Å². The molecule has 0 bridgehead atoms. The van der Waals surface area contributed by atoms with Crippen molar-refractivity contribution >= 4 is 22.5 Å². The summed E-state index contributed by atoms with van der Waals surface area (Å²) >= 11 is 0. The molecule has 2 aromatic carbocycles. The minimum absolute atomic E-state index is 0.00929. The Labute approximate surface area is 176 Å². The Balaban J connectivity index is 1.16. The number of hydrogen-bond donors (Lipinski definition) is 2. The van der Waals surface area contributed by atoms with Crippen LogP contribution in [0.2, 0.25) is 0 Å². The average molecular weight is 405 g/mol. The number of nitrogens with zero attached hydrogens (tertiary/aromatic N) is 1. The molecule has 5 rings (SSSR count). The van der Waals surface area contributed by atoms with Crippen LogP contribution >= 0.6 is 0 Å². The van der Waals surface area contributed by atoms with Gasteiger partial charge in [0.1, 0.15) is 0 Å². The number of anilines is 1. The average Bonchev–Trinajstić information content (AvgIpc) is 3.05. The van der Waals surface area contributed by atoms with E-state index in [-0.39, 0.29) is 5.91 Å². The van der Waals surface area contributed by atoms with Gasteiger partial charge in [0.05, 0.1) is 19.8 Å². The van der Waals surface area contributed by atoms with Gasteiger partial charge < -0.3 is 19.8 Å². The number of H-pyrrole nitrogens is 1. The molecule has 6 nitrogen and oxygen atoms in total. The number of hydrogen-bond acceptors (Lipinski definition) is 4. The minimum Gasteiger partial charge on any atom is -0.490 e. The molecule has 0 spiro atoms. The number of likely N-dealkylation sites (tertiary alicyclic amines) is 1. The monoisotopic (exact) mass is 405 g/mol. The third-order valence-electron chi connectivity index (χ3n) is 6.05. The number of fused-ring (bicyclic) bond motifs is 2. The molecule has 0 radical (unpaired) electrons. The molecule has 1 aromatic heterocycles. The Morgan fingerprint density at radius 1 is 1.07 bits per heavy atom. The van der Waals surface area contributed by atoms with Gasteiger partial charge in [0.25, 0.3) is 0 Å². The van der Waals surface area contributed by atoms with Gasteiger partial charge in [0.2, 0.25) is 5.91 Å². The Hall–Kier alpha value is -2.99. The summed E-state index contributed by atoms with van der Waals surface area (Å²) in [7, 11) is 0. The Morgan fingerprint density at radius 2 is 1.87 bits per heavy atom. The van der Waals surface area contributed by atoms with Gasteiger partial charge in [-0.15, -0.1) is 0 Å². The molecule has 0 unspecified atom stereocenters. The molecule has 3 heterocycles. The number of nitrogens with one attached hydrogen (secondary N) is 2. The predicted octanol–water partition coefficient (Wildman–Crippen LogP) is 4.15. The summed E-state index contributed by atoms with van der Waals surface area (Å²) in [5.74, 6) is 1.99. The first-order valence-corrected chi connectivity index (χ1v) is 10.7. The van der Waals surface area contributed by atoms with Crippen molar-refractivity contribution in [1.82, 2.24) is 9.88 Å². The fourth-order valence-electron chi connectivity index (χ4n) is 4.48. The second-order valence-corrected chi connectivity index (χ2v) is 8.10. The lowest BCUT2D eigenvalue weighted by Gasteiger charge is -2.31. The van der Waals surface area contributed by atoms with Crippen LogP contribution in [0.1, 0.15) is 30.7 Å². The van der Waals surface area contributed by atoms with Crippen LogP contribution in [0, 0.1) is 0 Å². The first kappa shape index (κ1) is 19.0. The van der Waals surface area contributed by atoms with Crippen LogP contribution in [0.25, 0.3) is 10.9 Å². The highest BCUT2D eigenvalue weighted by Gasteiger charge is 2.24. The zero-order chi connectivity index (χ0) is 20.3. The Bertz CT molecular complexity index is 1040. The molecule has 1 fully saturated rings. The number of ether oxygens (including phenoxy) is 2. The molecule has 1 amide bonds. The minimum atomic E-state index is 0.00929. The van der Waals surface area contributed by atoms with E-state index in [9.17, 15) is 4.79 Å². The highest BCUT2D eigenvalue weighted by Crippen LogP contribution is 2.34. The van der Waals surface area contributed by atoms with Crippen LogP contribution in [0.3, 0.4) is 0 Å². The molecule has 6 heteroatoms. The number of amides is 1. The van der Waals surface area contributed by atoms with Crippen molar-refractivity contribution in [1.29, 1.82) is 0 Å². The van der Waals surface area contributed by atoms with E-state index < -0.39 is 0 Å². The Morgan fingerprint density at radius 3 is 2.73 bits per heavy atom. The molecule has 2 N–H and O–H groups in total. The second kappa shape index (κ2) is 8.40. The number of para-hydroxylation sites is 1. The van der Waals surface area contributed by atoms with Crippen LogP contribution in [-0.4, -0.2) is 48.6 Å². The molecule has 1 saturated heterocycles. The molecule has 0 aliphatic carbocycles. The Kier molecular flexibility index (Phi) is 5.32. The molecule has 3 aromatic rings. The van der Waals surface area contributed by atoms with Gasteiger partial charge in [-0.3, -0.25) is 9.69 Å². The quantitative estimate of drug-likeness (QED) is 0.684. The topological polar surface area (TPSA) is 66.6 Å². The number of carbonyl (C=O) groups excluding carboxylic acids is 1. The van der Waals surface area contributed by atoms with Crippen molar-refractivity contribution in [2.45, 2.75) is 25.2 Å². The summed E-state index contributed by atoms with van der Waals surface area (Å²) in [6.07, 6.45) is 5.16. The maximum absolute atomic E-state index is 12.6. The predicted molar refractivity (Wildman–Crippen MR) is 117 cm³/mol. The van der Waals surface area contributed by atoms with E-state index >= 15 is 0 Å². The third-order valence-corrected chi connectivity index (χ3v) is 6.05. The third kappa shape index (κ3) is 4.00. The van der Waals surface area contributed by atoms with E-state index in [4.69, 9.17) is 9.47 Å². The summed E-state index contributed by atoms with van der Waals surface area (Å²) in [5, 5.41) is 4.32. The van der Waals surface area contributed by atoms with Crippen LogP contribution in [-0.2, 0) is 4.79 Å².